The molecule has 1 fully saturated rings. The largest absolute Gasteiger partial charge is 0.487 e. The van der Waals surface area contributed by atoms with E-state index in [1.807, 2.05) is 0 Å². The van der Waals surface area contributed by atoms with Gasteiger partial charge in [0.1, 0.15) is 0 Å². The van der Waals surface area contributed by atoms with Crippen molar-refractivity contribution in [2.24, 2.45) is 5.92 Å². The van der Waals surface area contributed by atoms with Gasteiger partial charge in [-0.25, -0.2) is 4.39 Å². The number of Topliss-reactive ketones (excluding diaryl/α,β-unsaturated/α-hetero) is 1. The van der Waals surface area contributed by atoms with E-state index in [1.54, 1.807) is 12.1 Å². The fourth-order valence-electron chi connectivity index (χ4n) is 3.50. The summed E-state index contributed by atoms with van der Waals surface area (Å²) in [4.78, 5) is 35.8. The van der Waals surface area contributed by atoms with Crippen LogP contribution in [0.5, 0.6) is 5.75 Å². The van der Waals surface area contributed by atoms with Crippen LogP contribution in [0.3, 0.4) is 0 Å². The quantitative estimate of drug-likeness (QED) is 0.402. The zero-order valence-electron chi connectivity index (χ0n) is 16.7. The topological polar surface area (TPSA) is 92.7 Å². The van der Waals surface area contributed by atoms with Crippen LogP contribution >= 0.6 is 22.9 Å². The number of hydrogen-bond donors (Lipinski definition) is 2. The summed E-state index contributed by atoms with van der Waals surface area (Å²) in [6, 6.07) is 7.40. The van der Waals surface area contributed by atoms with E-state index < -0.39 is 11.8 Å². The number of carboxylic acid groups (broad SMARTS) is 1. The molecule has 1 aliphatic carbocycles. The van der Waals surface area contributed by atoms with Crippen molar-refractivity contribution in [2.45, 2.75) is 44.6 Å². The van der Waals surface area contributed by atoms with Crippen LogP contribution in [0.1, 0.15) is 58.6 Å². The molecular formula is C22H23ClFNO5S. The van der Waals surface area contributed by atoms with E-state index in [1.165, 1.54) is 23.5 Å². The molecule has 1 saturated carbocycles. The Morgan fingerprint density at radius 2 is 1.90 bits per heavy atom. The molecule has 3 rings (SSSR count). The first-order valence-corrected chi connectivity index (χ1v) is 11.3. The molecular weight excluding hydrogens is 445 g/mol. The van der Waals surface area contributed by atoms with Gasteiger partial charge in [0.05, 0.1) is 21.2 Å². The van der Waals surface area contributed by atoms with Crippen LogP contribution in [-0.2, 0) is 4.79 Å². The smallest absolute Gasteiger partial charge is 0.306 e. The van der Waals surface area contributed by atoms with Gasteiger partial charge in [-0.2, -0.15) is 0 Å². The summed E-state index contributed by atoms with van der Waals surface area (Å²) >= 11 is 6.98. The fraction of sp³-hybridized carbons (Fsp3) is 0.409. The molecule has 1 aromatic carbocycles. The third-order valence-corrected chi connectivity index (χ3v) is 6.46. The van der Waals surface area contributed by atoms with E-state index in [0.29, 0.717) is 47.9 Å². The summed E-state index contributed by atoms with van der Waals surface area (Å²) in [5, 5.41) is 11.8. The van der Waals surface area contributed by atoms with Crippen molar-refractivity contribution in [1.82, 2.24) is 5.32 Å². The van der Waals surface area contributed by atoms with Crippen molar-refractivity contribution in [1.29, 1.82) is 0 Å². The molecule has 9 heteroatoms. The first-order valence-electron chi connectivity index (χ1n) is 10.1. The Balaban J connectivity index is 1.44. The van der Waals surface area contributed by atoms with E-state index in [4.69, 9.17) is 21.4 Å². The van der Waals surface area contributed by atoms with Gasteiger partial charge in [-0.1, -0.05) is 11.6 Å². The molecule has 0 bridgehead atoms. The van der Waals surface area contributed by atoms with E-state index in [0.717, 1.165) is 6.07 Å². The number of aliphatic carboxylic acids is 1. The number of thiophene rings is 1. The highest BCUT2D eigenvalue weighted by Crippen LogP contribution is 2.29. The molecule has 2 N–H and O–H groups in total. The molecule has 0 spiro atoms. The summed E-state index contributed by atoms with van der Waals surface area (Å²) in [5.74, 6) is -2.18. The molecule has 166 valence electrons. The first-order chi connectivity index (χ1) is 14.8. The third kappa shape index (κ3) is 6.51. The Morgan fingerprint density at radius 1 is 1.16 bits per heavy atom. The molecule has 0 aliphatic heterocycles. The van der Waals surface area contributed by atoms with Crippen molar-refractivity contribution >= 4 is 40.6 Å². The zero-order valence-corrected chi connectivity index (χ0v) is 18.3. The Labute approximate surface area is 188 Å². The number of carbonyl (C=O) groups excluding carboxylic acids is 2. The molecule has 1 heterocycles. The summed E-state index contributed by atoms with van der Waals surface area (Å²) in [6.07, 6.45) is 2.50. The second-order valence-electron chi connectivity index (χ2n) is 7.46. The lowest BCUT2D eigenvalue weighted by Gasteiger charge is -2.27. The van der Waals surface area contributed by atoms with Gasteiger partial charge in [0.2, 0.25) is 0 Å². The van der Waals surface area contributed by atoms with Gasteiger partial charge in [-0.15, -0.1) is 11.3 Å². The monoisotopic (exact) mass is 467 g/mol. The molecule has 1 aliphatic rings. The minimum Gasteiger partial charge on any atom is -0.487 e. The van der Waals surface area contributed by atoms with Gasteiger partial charge in [0.25, 0.3) is 5.91 Å². The third-order valence-electron chi connectivity index (χ3n) is 5.23. The number of carbonyl (C=O) groups is 3. The Hall–Kier alpha value is -2.45. The van der Waals surface area contributed by atoms with Crippen LogP contribution in [0.15, 0.2) is 30.3 Å². The maximum absolute atomic E-state index is 14.4. The van der Waals surface area contributed by atoms with Crippen molar-refractivity contribution in [3.63, 3.8) is 0 Å². The number of ketones is 1. The van der Waals surface area contributed by atoms with Gasteiger partial charge in [-0.3, -0.25) is 14.4 Å². The fourth-order valence-corrected chi connectivity index (χ4v) is 4.46. The van der Waals surface area contributed by atoms with E-state index in [-0.39, 0.29) is 41.4 Å². The standard InChI is InChI=1S/C22H23ClFNO5S/c23-20-10-9-19(31-20)21(27)25-11-1-2-17(26)14-5-8-18(16(24)12-14)30-15-6-3-13(4-7-15)22(28)29/h5,8-10,12-13,15H,1-4,6-7,11H2,(H,25,27)(H,28,29). The van der Waals surface area contributed by atoms with Crippen LogP contribution in [0, 0.1) is 11.7 Å². The predicted molar refractivity (Wildman–Crippen MR) is 116 cm³/mol. The highest BCUT2D eigenvalue weighted by molar-refractivity contribution is 7.17. The summed E-state index contributed by atoms with van der Waals surface area (Å²) in [7, 11) is 0. The highest BCUT2D eigenvalue weighted by Gasteiger charge is 2.27. The Morgan fingerprint density at radius 3 is 2.52 bits per heavy atom. The van der Waals surface area contributed by atoms with Crippen molar-refractivity contribution in [3.05, 3.63) is 50.9 Å². The van der Waals surface area contributed by atoms with Gasteiger partial charge in [0, 0.05) is 18.5 Å². The zero-order chi connectivity index (χ0) is 22.4. The molecule has 1 amide bonds. The van der Waals surface area contributed by atoms with Crippen molar-refractivity contribution in [3.8, 4) is 5.75 Å². The minimum absolute atomic E-state index is 0.0668. The minimum atomic E-state index is -0.803. The van der Waals surface area contributed by atoms with Crippen LogP contribution in [-0.4, -0.2) is 35.4 Å². The van der Waals surface area contributed by atoms with Crippen molar-refractivity contribution in [2.75, 3.05) is 6.54 Å². The lowest BCUT2D eigenvalue weighted by molar-refractivity contribution is -0.143. The van der Waals surface area contributed by atoms with Gasteiger partial charge in [0.15, 0.2) is 17.3 Å². The Bertz CT molecular complexity index is 955. The lowest BCUT2D eigenvalue weighted by atomic mass is 9.87. The maximum Gasteiger partial charge on any atom is 0.306 e. The summed E-state index contributed by atoms with van der Waals surface area (Å²) in [5.41, 5.74) is 0.246. The van der Waals surface area contributed by atoms with E-state index >= 15 is 0 Å². The molecule has 2 aromatic rings. The predicted octanol–water partition coefficient (Wildman–Crippen LogP) is 4.96. The van der Waals surface area contributed by atoms with Gasteiger partial charge < -0.3 is 15.2 Å². The normalized spacial score (nSPS) is 18.4. The number of carboxylic acids is 1. The molecule has 1 aromatic heterocycles. The van der Waals surface area contributed by atoms with Crippen molar-refractivity contribution < 1.29 is 28.6 Å². The van der Waals surface area contributed by atoms with Gasteiger partial charge in [-0.05, 0) is 62.4 Å². The number of nitrogens with one attached hydrogen (secondary N) is 1. The number of halogens is 2. The van der Waals surface area contributed by atoms with Crippen LogP contribution in [0.2, 0.25) is 4.34 Å². The molecule has 0 unspecified atom stereocenters. The number of rotatable bonds is 9. The molecule has 0 atom stereocenters. The number of hydrogen-bond acceptors (Lipinski definition) is 5. The molecule has 0 saturated heterocycles. The van der Waals surface area contributed by atoms with Gasteiger partial charge >= 0.3 is 5.97 Å². The highest BCUT2D eigenvalue weighted by atomic mass is 35.5. The SMILES string of the molecule is O=C(CCCNC(=O)c1ccc(Cl)s1)c1ccc(OC2CCC(C(=O)O)CC2)c(F)c1. The number of amides is 1. The second-order valence-corrected chi connectivity index (χ2v) is 9.18. The first kappa shape index (κ1) is 23.2. The van der Waals surface area contributed by atoms with E-state index in [9.17, 15) is 18.8 Å². The molecule has 31 heavy (non-hydrogen) atoms. The maximum atomic E-state index is 14.4. The lowest BCUT2D eigenvalue weighted by Crippen LogP contribution is -2.28. The van der Waals surface area contributed by atoms with Crippen LogP contribution in [0.25, 0.3) is 0 Å². The number of benzene rings is 1. The van der Waals surface area contributed by atoms with Crippen LogP contribution in [0.4, 0.5) is 4.39 Å². The molecule has 6 nitrogen and oxygen atoms in total. The van der Waals surface area contributed by atoms with E-state index in [2.05, 4.69) is 5.32 Å². The number of ether oxygens (including phenoxy) is 1. The van der Waals surface area contributed by atoms with Crippen LogP contribution < -0.4 is 10.1 Å². The average Bonchev–Trinajstić information content (AvgIpc) is 3.19. The summed E-state index contributed by atoms with van der Waals surface area (Å²) < 4.78 is 20.6. The summed E-state index contributed by atoms with van der Waals surface area (Å²) in [6.45, 7) is 0.322. The Kier molecular flexibility index (Phi) is 8.03. The molecule has 0 radical (unpaired) electrons. The average molecular weight is 468 g/mol. The second kappa shape index (κ2) is 10.7.